The minimum Gasteiger partial charge on any atom is -0.456 e. The van der Waals surface area contributed by atoms with Gasteiger partial charge in [-0.05, 0) is 48.8 Å². The van der Waals surface area contributed by atoms with E-state index in [1.165, 1.54) is 5.56 Å². The second kappa shape index (κ2) is 5.47. The molecular formula is C19H30O2. The van der Waals surface area contributed by atoms with Crippen LogP contribution in [0.3, 0.4) is 0 Å². The first kappa shape index (κ1) is 17.7. The van der Waals surface area contributed by atoms with Crippen LogP contribution in [0.2, 0.25) is 0 Å². The molecule has 0 aliphatic carbocycles. The second-order valence-electron chi connectivity index (χ2n) is 8.73. The molecule has 1 rings (SSSR count). The highest BCUT2D eigenvalue weighted by atomic mass is 16.6. The predicted octanol–water partition coefficient (Wildman–Crippen LogP) is 5.24. The van der Waals surface area contributed by atoms with Crippen LogP contribution in [0.4, 0.5) is 0 Å². The Morgan fingerprint density at radius 3 is 1.76 bits per heavy atom. The molecule has 21 heavy (non-hydrogen) atoms. The Bertz CT molecular complexity index is 520. The number of rotatable bonds is 1. The lowest BCUT2D eigenvalue weighted by atomic mass is 9.73. The molecule has 0 aromatic heterocycles. The molecule has 2 nitrogen and oxygen atoms in total. The summed E-state index contributed by atoms with van der Waals surface area (Å²) in [5, 5.41) is 0. The van der Waals surface area contributed by atoms with Gasteiger partial charge < -0.3 is 4.74 Å². The molecule has 0 saturated heterocycles. The summed E-state index contributed by atoms with van der Waals surface area (Å²) in [7, 11) is 0. The number of benzene rings is 1. The molecular weight excluding hydrogens is 260 g/mol. The molecule has 0 bridgehead atoms. The second-order valence-corrected chi connectivity index (χ2v) is 8.73. The van der Waals surface area contributed by atoms with Crippen LogP contribution in [0.1, 0.15) is 83.8 Å². The molecule has 0 unspecified atom stereocenters. The van der Waals surface area contributed by atoms with Gasteiger partial charge in [0.1, 0.15) is 5.60 Å². The minimum absolute atomic E-state index is 0.0133. The van der Waals surface area contributed by atoms with Gasteiger partial charge in [-0.15, -0.1) is 0 Å². The van der Waals surface area contributed by atoms with Crippen molar-refractivity contribution in [1.29, 1.82) is 0 Å². The average molecular weight is 290 g/mol. The third kappa shape index (κ3) is 4.59. The van der Waals surface area contributed by atoms with Crippen molar-refractivity contribution in [3.63, 3.8) is 0 Å². The number of hydrogen-bond acceptors (Lipinski definition) is 2. The van der Waals surface area contributed by atoms with Crippen LogP contribution in [0.5, 0.6) is 0 Å². The lowest BCUT2D eigenvalue weighted by Crippen LogP contribution is -2.29. The lowest BCUT2D eigenvalue weighted by molar-refractivity contribution is 0.00667. The van der Waals surface area contributed by atoms with E-state index in [4.69, 9.17) is 4.74 Å². The van der Waals surface area contributed by atoms with Crippen molar-refractivity contribution in [2.24, 2.45) is 0 Å². The van der Waals surface area contributed by atoms with Crippen molar-refractivity contribution < 1.29 is 9.53 Å². The van der Waals surface area contributed by atoms with E-state index in [0.29, 0.717) is 5.56 Å². The lowest BCUT2D eigenvalue weighted by Gasteiger charge is -2.32. The fourth-order valence-electron chi connectivity index (χ4n) is 2.49. The summed E-state index contributed by atoms with van der Waals surface area (Å²) in [6.45, 7) is 18.7. The molecule has 2 heteroatoms. The summed E-state index contributed by atoms with van der Waals surface area (Å²) in [5.41, 5.74) is 2.37. The van der Waals surface area contributed by atoms with E-state index in [2.05, 4.69) is 47.6 Å². The van der Waals surface area contributed by atoms with E-state index < -0.39 is 5.60 Å². The summed E-state index contributed by atoms with van der Waals surface area (Å²) in [6.07, 6.45) is 0. The molecule has 0 fully saturated rings. The molecule has 0 aliphatic rings. The SMILES string of the molecule is CC(C)(C)OC(=O)c1cccc(C(C)(C)C)c1C(C)(C)C. The van der Waals surface area contributed by atoms with Gasteiger partial charge in [0.05, 0.1) is 5.56 Å². The van der Waals surface area contributed by atoms with E-state index >= 15 is 0 Å². The normalized spacial score (nSPS) is 13.2. The molecule has 1 aromatic carbocycles. The summed E-state index contributed by atoms with van der Waals surface area (Å²) < 4.78 is 5.59. The Kier molecular flexibility index (Phi) is 4.62. The maximum atomic E-state index is 12.6. The smallest absolute Gasteiger partial charge is 0.338 e. The quantitative estimate of drug-likeness (QED) is 0.661. The summed E-state index contributed by atoms with van der Waals surface area (Å²) in [5.74, 6) is -0.237. The van der Waals surface area contributed by atoms with Gasteiger partial charge in [-0.2, -0.15) is 0 Å². The van der Waals surface area contributed by atoms with E-state index in [1.807, 2.05) is 32.9 Å². The third-order valence-corrected chi connectivity index (χ3v) is 3.24. The Labute approximate surface area is 129 Å². The number of carbonyl (C=O) groups excluding carboxylic acids is 1. The Hall–Kier alpha value is -1.31. The van der Waals surface area contributed by atoms with Crippen LogP contribution in [0.25, 0.3) is 0 Å². The van der Waals surface area contributed by atoms with Crippen LogP contribution in [-0.2, 0) is 15.6 Å². The van der Waals surface area contributed by atoms with Crippen molar-refractivity contribution in [2.45, 2.75) is 78.7 Å². The first-order valence-electron chi connectivity index (χ1n) is 7.61. The van der Waals surface area contributed by atoms with Gasteiger partial charge >= 0.3 is 5.97 Å². The Morgan fingerprint density at radius 1 is 0.857 bits per heavy atom. The summed E-state index contributed by atoms with van der Waals surface area (Å²) >= 11 is 0. The van der Waals surface area contributed by atoms with Gasteiger partial charge in [-0.3, -0.25) is 0 Å². The number of hydrogen-bond donors (Lipinski definition) is 0. The van der Waals surface area contributed by atoms with Crippen molar-refractivity contribution in [1.82, 2.24) is 0 Å². The zero-order valence-electron chi connectivity index (χ0n) is 15.0. The van der Waals surface area contributed by atoms with Crippen molar-refractivity contribution in [2.75, 3.05) is 0 Å². The van der Waals surface area contributed by atoms with Crippen LogP contribution >= 0.6 is 0 Å². The maximum absolute atomic E-state index is 12.6. The molecule has 0 spiro atoms. The fraction of sp³-hybridized carbons (Fsp3) is 0.632. The fourth-order valence-corrected chi connectivity index (χ4v) is 2.49. The molecule has 118 valence electrons. The van der Waals surface area contributed by atoms with Crippen LogP contribution < -0.4 is 0 Å². The molecule has 1 aromatic rings. The average Bonchev–Trinajstić information content (AvgIpc) is 2.23. The monoisotopic (exact) mass is 290 g/mol. The van der Waals surface area contributed by atoms with Gasteiger partial charge in [0.25, 0.3) is 0 Å². The van der Waals surface area contributed by atoms with Crippen molar-refractivity contribution in [3.8, 4) is 0 Å². The number of carbonyl (C=O) groups is 1. The molecule has 0 amide bonds. The van der Waals surface area contributed by atoms with Crippen LogP contribution in [0, 0.1) is 0 Å². The zero-order chi connectivity index (χ0) is 16.6. The highest BCUT2D eigenvalue weighted by Crippen LogP contribution is 2.36. The molecule has 0 N–H and O–H groups in total. The third-order valence-electron chi connectivity index (χ3n) is 3.24. The minimum atomic E-state index is -0.482. The van der Waals surface area contributed by atoms with E-state index in [0.717, 1.165) is 5.56 Å². The maximum Gasteiger partial charge on any atom is 0.338 e. The van der Waals surface area contributed by atoms with Crippen LogP contribution in [0.15, 0.2) is 18.2 Å². The van der Waals surface area contributed by atoms with Gasteiger partial charge in [-0.25, -0.2) is 4.79 Å². The van der Waals surface area contributed by atoms with Gasteiger partial charge in [0, 0.05) is 0 Å². The summed E-state index contributed by atoms with van der Waals surface area (Å²) in [6, 6.07) is 5.95. The molecule has 0 atom stereocenters. The molecule has 0 aliphatic heterocycles. The highest BCUT2D eigenvalue weighted by Gasteiger charge is 2.31. The van der Waals surface area contributed by atoms with Gasteiger partial charge in [0.2, 0.25) is 0 Å². The topological polar surface area (TPSA) is 26.3 Å². The van der Waals surface area contributed by atoms with Crippen LogP contribution in [-0.4, -0.2) is 11.6 Å². The first-order valence-corrected chi connectivity index (χ1v) is 7.61. The van der Waals surface area contributed by atoms with Crippen molar-refractivity contribution >= 4 is 5.97 Å². The van der Waals surface area contributed by atoms with Gasteiger partial charge in [0.15, 0.2) is 0 Å². The van der Waals surface area contributed by atoms with Gasteiger partial charge in [-0.1, -0.05) is 53.7 Å². The highest BCUT2D eigenvalue weighted by molar-refractivity contribution is 5.92. The standard InChI is InChI=1S/C19H30O2/c1-17(2,3)14-12-10-11-13(15(14)18(4,5)6)16(20)21-19(7,8)9/h10-12H,1-9H3. The Balaban J connectivity index is 3.50. The van der Waals surface area contributed by atoms with E-state index in [-0.39, 0.29) is 16.8 Å². The number of esters is 1. The van der Waals surface area contributed by atoms with E-state index in [9.17, 15) is 4.79 Å². The molecule has 0 heterocycles. The predicted molar refractivity (Wildman–Crippen MR) is 89.0 cm³/mol. The summed E-state index contributed by atoms with van der Waals surface area (Å²) in [4.78, 5) is 12.6. The zero-order valence-corrected chi connectivity index (χ0v) is 15.0. The molecule has 0 radical (unpaired) electrons. The van der Waals surface area contributed by atoms with E-state index in [1.54, 1.807) is 0 Å². The largest absolute Gasteiger partial charge is 0.456 e. The molecule has 0 saturated carbocycles. The first-order chi connectivity index (χ1) is 9.23. The number of ether oxygens (including phenoxy) is 1. The Morgan fingerprint density at radius 2 is 1.38 bits per heavy atom. The van der Waals surface area contributed by atoms with Crippen molar-refractivity contribution in [3.05, 3.63) is 34.9 Å².